The summed E-state index contributed by atoms with van der Waals surface area (Å²) in [6.45, 7) is 0. The van der Waals surface area contributed by atoms with Gasteiger partial charge in [-0.25, -0.2) is 9.89 Å². The summed E-state index contributed by atoms with van der Waals surface area (Å²) in [7, 11) is 0. The zero-order valence-corrected chi connectivity index (χ0v) is 12.4. The lowest BCUT2D eigenvalue weighted by molar-refractivity contribution is -0.113. The third-order valence-corrected chi connectivity index (χ3v) is 3.58. The molecule has 1 amide bonds. The van der Waals surface area contributed by atoms with Gasteiger partial charge in [0, 0.05) is 10.2 Å². The summed E-state index contributed by atoms with van der Waals surface area (Å²) in [5, 5.41) is 8.39. The van der Waals surface area contributed by atoms with Gasteiger partial charge in [-0.15, -0.1) is 0 Å². The molecular weight excluding hydrogens is 348 g/mol. The maximum absolute atomic E-state index is 11.7. The molecule has 9 heteroatoms. The summed E-state index contributed by atoms with van der Waals surface area (Å²) in [4.78, 5) is 35.9. The molecule has 2 aromatic rings. The number of H-pyrrole nitrogens is 2. The van der Waals surface area contributed by atoms with Crippen LogP contribution in [0.3, 0.4) is 0 Å². The molecule has 0 saturated heterocycles. The molecule has 0 aliphatic rings. The van der Waals surface area contributed by atoms with Crippen molar-refractivity contribution in [2.75, 3.05) is 11.1 Å². The number of benzene rings is 1. The Kier molecular flexibility index (Phi) is 4.74. The van der Waals surface area contributed by atoms with Gasteiger partial charge in [0.2, 0.25) is 5.91 Å². The van der Waals surface area contributed by atoms with Gasteiger partial charge in [0.1, 0.15) is 0 Å². The van der Waals surface area contributed by atoms with Crippen molar-refractivity contribution in [1.29, 1.82) is 0 Å². The quantitative estimate of drug-likeness (QED) is 0.707. The number of aromatic nitrogens is 3. The van der Waals surface area contributed by atoms with E-state index in [1.165, 1.54) is 0 Å². The third kappa shape index (κ3) is 4.07. The second-order valence-electron chi connectivity index (χ2n) is 3.66. The molecule has 104 valence electrons. The molecule has 0 aliphatic carbocycles. The minimum absolute atomic E-state index is 0.00857. The SMILES string of the molecule is O=C(CSc1n[nH]c(=O)[nH]c1=O)Nc1cccc(Br)c1. The molecule has 0 fully saturated rings. The van der Waals surface area contributed by atoms with Crippen LogP contribution in [0.5, 0.6) is 0 Å². The first kappa shape index (κ1) is 14.5. The van der Waals surface area contributed by atoms with Gasteiger partial charge in [0.25, 0.3) is 5.56 Å². The fourth-order valence-corrected chi connectivity index (χ4v) is 2.36. The second kappa shape index (κ2) is 6.53. The normalized spacial score (nSPS) is 10.2. The van der Waals surface area contributed by atoms with Crippen LogP contribution in [0, 0.1) is 0 Å². The van der Waals surface area contributed by atoms with E-state index in [2.05, 4.69) is 31.4 Å². The maximum atomic E-state index is 11.7. The van der Waals surface area contributed by atoms with Crippen molar-refractivity contribution in [3.05, 3.63) is 49.6 Å². The molecule has 1 aromatic heterocycles. The lowest BCUT2D eigenvalue weighted by Crippen LogP contribution is -2.25. The summed E-state index contributed by atoms with van der Waals surface area (Å²) >= 11 is 4.24. The van der Waals surface area contributed by atoms with Crippen LogP contribution in [0.2, 0.25) is 0 Å². The van der Waals surface area contributed by atoms with Crippen LogP contribution in [0.15, 0.2) is 43.4 Å². The molecule has 3 N–H and O–H groups in total. The molecular formula is C11H9BrN4O3S. The average molecular weight is 357 g/mol. The van der Waals surface area contributed by atoms with Crippen LogP contribution < -0.4 is 16.6 Å². The zero-order chi connectivity index (χ0) is 14.5. The number of carbonyl (C=O) groups is 1. The molecule has 0 spiro atoms. The number of nitrogens with zero attached hydrogens (tertiary/aromatic N) is 1. The minimum atomic E-state index is -0.682. The number of carbonyl (C=O) groups excluding carboxylic acids is 1. The monoisotopic (exact) mass is 356 g/mol. The van der Waals surface area contributed by atoms with Crippen molar-refractivity contribution < 1.29 is 4.79 Å². The van der Waals surface area contributed by atoms with Gasteiger partial charge in [-0.2, -0.15) is 5.10 Å². The smallest absolute Gasteiger partial charge is 0.325 e. The number of thioether (sulfide) groups is 1. The van der Waals surface area contributed by atoms with Crippen LogP contribution in [-0.4, -0.2) is 26.8 Å². The highest BCUT2D eigenvalue weighted by Crippen LogP contribution is 2.16. The highest BCUT2D eigenvalue weighted by molar-refractivity contribution is 9.10. The van der Waals surface area contributed by atoms with Crippen LogP contribution >= 0.6 is 27.7 Å². The van der Waals surface area contributed by atoms with Crippen molar-refractivity contribution in [3.63, 3.8) is 0 Å². The van der Waals surface area contributed by atoms with Crippen LogP contribution in [0.4, 0.5) is 5.69 Å². The van der Waals surface area contributed by atoms with Gasteiger partial charge < -0.3 is 5.32 Å². The molecule has 0 atom stereocenters. The summed E-state index contributed by atoms with van der Waals surface area (Å²) < 4.78 is 0.849. The van der Waals surface area contributed by atoms with Gasteiger partial charge in [0.15, 0.2) is 5.03 Å². The average Bonchev–Trinajstić information content (AvgIpc) is 2.37. The molecule has 0 unspecified atom stereocenters. The molecule has 0 radical (unpaired) electrons. The number of amides is 1. The van der Waals surface area contributed by atoms with Gasteiger partial charge >= 0.3 is 5.69 Å². The summed E-state index contributed by atoms with van der Waals surface area (Å²) in [5.41, 5.74) is -0.653. The first-order valence-corrected chi connectivity index (χ1v) is 7.19. The van der Waals surface area contributed by atoms with E-state index < -0.39 is 11.2 Å². The first-order chi connectivity index (χ1) is 9.54. The molecule has 1 aromatic carbocycles. The third-order valence-electron chi connectivity index (χ3n) is 2.13. The second-order valence-corrected chi connectivity index (χ2v) is 5.54. The molecule has 2 rings (SSSR count). The van der Waals surface area contributed by atoms with E-state index in [9.17, 15) is 14.4 Å². The minimum Gasteiger partial charge on any atom is -0.325 e. The Balaban J connectivity index is 1.95. The van der Waals surface area contributed by atoms with E-state index in [1.54, 1.807) is 18.2 Å². The van der Waals surface area contributed by atoms with Crippen molar-refractivity contribution >= 4 is 39.3 Å². The highest BCUT2D eigenvalue weighted by Gasteiger charge is 2.08. The maximum Gasteiger partial charge on any atom is 0.342 e. The van der Waals surface area contributed by atoms with Gasteiger partial charge in [-0.1, -0.05) is 33.8 Å². The number of nitrogens with one attached hydrogen (secondary N) is 3. The summed E-state index contributed by atoms with van der Waals surface area (Å²) in [6, 6.07) is 7.14. The molecule has 20 heavy (non-hydrogen) atoms. The number of anilines is 1. The highest BCUT2D eigenvalue weighted by atomic mass is 79.9. The van der Waals surface area contributed by atoms with Gasteiger partial charge in [0.05, 0.1) is 5.75 Å². The number of halogens is 1. The number of rotatable bonds is 4. The van der Waals surface area contributed by atoms with Crippen LogP contribution in [0.1, 0.15) is 0 Å². The van der Waals surface area contributed by atoms with Crippen molar-refractivity contribution in [3.8, 4) is 0 Å². The largest absolute Gasteiger partial charge is 0.342 e. The Hall–Kier alpha value is -1.87. The Morgan fingerprint density at radius 1 is 1.40 bits per heavy atom. The Bertz CT molecular complexity index is 743. The predicted octanol–water partition coefficient (Wildman–Crippen LogP) is 0.951. The molecule has 0 aliphatic heterocycles. The number of aromatic amines is 2. The van der Waals surface area contributed by atoms with Gasteiger partial charge in [-0.3, -0.25) is 14.6 Å². The number of hydrogen-bond acceptors (Lipinski definition) is 5. The van der Waals surface area contributed by atoms with Crippen molar-refractivity contribution in [2.45, 2.75) is 5.03 Å². The van der Waals surface area contributed by atoms with E-state index in [-0.39, 0.29) is 16.7 Å². The fraction of sp³-hybridized carbons (Fsp3) is 0.0909. The van der Waals surface area contributed by atoms with E-state index >= 15 is 0 Å². The van der Waals surface area contributed by atoms with E-state index in [0.717, 1.165) is 16.2 Å². The summed E-state index contributed by atoms with van der Waals surface area (Å²) in [5.74, 6) is -0.269. The molecule has 0 saturated carbocycles. The first-order valence-electron chi connectivity index (χ1n) is 5.42. The zero-order valence-electron chi connectivity index (χ0n) is 9.97. The van der Waals surface area contributed by atoms with Crippen LogP contribution in [0.25, 0.3) is 0 Å². The standard InChI is InChI=1S/C11H9BrN4O3S/c12-6-2-1-3-7(4-6)13-8(17)5-20-10-9(18)14-11(19)16-15-10/h1-4H,5H2,(H,13,17)(H2,14,16,18,19). The van der Waals surface area contributed by atoms with E-state index in [4.69, 9.17) is 0 Å². The Morgan fingerprint density at radius 3 is 2.90 bits per heavy atom. The van der Waals surface area contributed by atoms with Gasteiger partial charge in [-0.05, 0) is 18.2 Å². The Labute approximate surface area is 125 Å². The van der Waals surface area contributed by atoms with Crippen molar-refractivity contribution in [1.82, 2.24) is 15.2 Å². The molecule has 1 heterocycles. The summed E-state index contributed by atoms with van der Waals surface area (Å²) in [6.07, 6.45) is 0. The Morgan fingerprint density at radius 2 is 2.20 bits per heavy atom. The number of hydrogen-bond donors (Lipinski definition) is 3. The predicted molar refractivity (Wildman–Crippen MR) is 79.0 cm³/mol. The van der Waals surface area contributed by atoms with E-state index in [1.807, 2.05) is 11.1 Å². The molecule has 7 nitrogen and oxygen atoms in total. The lowest BCUT2D eigenvalue weighted by Gasteiger charge is -2.04. The topological polar surface area (TPSA) is 108 Å². The molecule has 0 bridgehead atoms. The lowest BCUT2D eigenvalue weighted by atomic mass is 10.3. The van der Waals surface area contributed by atoms with Crippen molar-refractivity contribution in [2.24, 2.45) is 0 Å². The van der Waals surface area contributed by atoms with Crippen LogP contribution in [-0.2, 0) is 4.79 Å². The van der Waals surface area contributed by atoms with E-state index in [0.29, 0.717) is 5.69 Å². The fourth-order valence-electron chi connectivity index (χ4n) is 1.33.